The first kappa shape index (κ1) is 20.0. The van der Waals surface area contributed by atoms with Crippen molar-refractivity contribution in [2.24, 2.45) is 17.8 Å². The lowest BCUT2D eigenvalue weighted by molar-refractivity contribution is 0.199. The van der Waals surface area contributed by atoms with Crippen LogP contribution >= 0.6 is 0 Å². The number of nitrogens with one attached hydrogen (secondary N) is 1. The predicted octanol–water partition coefficient (Wildman–Crippen LogP) is 6.42. The first-order chi connectivity index (χ1) is 12.0. The summed E-state index contributed by atoms with van der Waals surface area (Å²) in [6, 6.07) is 4.50. The van der Waals surface area contributed by atoms with Crippen molar-refractivity contribution in [1.29, 1.82) is 0 Å². The number of pyridine rings is 1. The second kappa shape index (κ2) is 9.99. The number of anilines is 1. The topological polar surface area (TPSA) is 24.9 Å². The largest absolute Gasteiger partial charge is 0.370 e. The summed E-state index contributed by atoms with van der Waals surface area (Å²) in [5.41, 5.74) is 3.99. The van der Waals surface area contributed by atoms with Crippen LogP contribution < -0.4 is 5.32 Å². The molecule has 0 bridgehead atoms. The highest BCUT2D eigenvalue weighted by Gasteiger charge is 2.24. The molecule has 3 rings (SSSR count). The van der Waals surface area contributed by atoms with E-state index >= 15 is 0 Å². The van der Waals surface area contributed by atoms with Crippen LogP contribution in [0.1, 0.15) is 77.5 Å². The molecular weight excluding hydrogens is 304 g/mol. The summed E-state index contributed by atoms with van der Waals surface area (Å²) in [5.74, 6) is 3.81. The molecule has 25 heavy (non-hydrogen) atoms. The Morgan fingerprint density at radius 3 is 2.72 bits per heavy atom. The Balaban J connectivity index is 0.000000242. The number of rotatable bonds is 6. The van der Waals surface area contributed by atoms with Crippen LogP contribution in [0.3, 0.4) is 0 Å². The van der Waals surface area contributed by atoms with Gasteiger partial charge in [0.05, 0.1) is 0 Å². The van der Waals surface area contributed by atoms with Crippen LogP contribution in [0.4, 0.5) is 5.82 Å². The summed E-state index contributed by atoms with van der Waals surface area (Å²) in [6.07, 6.45) is 10.3. The zero-order chi connectivity index (χ0) is 18.2. The van der Waals surface area contributed by atoms with Crippen molar-refractivity contribution in [1.82, 2.24) is 4.98 Å². The Kier molecular flexibility index (Phi) is 7.99. The molecule has 0 spiro atoms. The minimum absolute atomic E-state index is 0.722. The van der Waals surface area contributed by atoms with Gasteiger partial charge in [0, 0.05) is 12.2 Å². The molecule has 1 saturated carbocycles. The summed E-state index contributed by atoms with van der Waals surface area (Å²) < 4.78 is 0. The highest BCUT2D eigenvalue weighted by atomic mass is 15.0. The van der Waals surface area contributed by atoms with E-state index in [0.717, 1.165) is 36.5 Å². The van der Waals surface area contributed by atoms with Gasteiger partial charge in [-0.1, -0.05) is 45.4 Å². The zero-order valence-corrected chi connectivity index (χ0v) is 16.9. The van der Waals surface area contributed by atoms with Crippen molar-refractivity contribution in [3.05, 3.63) is 35.5 Å². The first-order valence-electron chi connectivity index (χ1n) is 10.4. The lowest BCUT2D eigenvalue weighted by Crippen LogP contribution is -2.21. The molecule has 2 heterocycles. The van der Waals surface area contributed by atoms with Crippen LogP contribution in [0.15, 0.2) is 24.3 Å². The molecule has 0 amide bonds. The minimum atomic E-state index is 0.722. The smallest absolute Gasteiger partial charge is 0.129 e. The molecule has 0 radical (unpaired) electrons. The van der Waals surface area contributed by atoms with Gasteiger partial charge in [0.25, 0.3) is 0 Å². The van der Waals surface area contributed by atoms with Crippen LogP contribution in [0.5, 0.6) is 0 Å². The number of nitrogens with zero attached hydrogens (tertiary/aromatic N) is 1. The summed E-state index contributed by atoms with van der Waals surface area (Å²) >= 11 is 0. The zero-order valence-electron chi connectivity index (χ0n) is 16.9. The molecule has 2 aliphatic rings. The van der Waals surface area contributed by atoms with Crippen molar-refractivity contribution < 1.29 is 0 Å². The molecule has 1 aliphatic carbocycles. The normalized spacial score (nSPS) is 22.6. The molecule has 1 unspecified atom stereocenters. The maximum Gasteiger partial charge on any atom is 0.129 e. The molecule has 2 nitrogen and oxygen atoms in total. The van der Waals surface area contributed by atoms with Crippen molar-refractivity contribution in [2.45, 2.75) is 79.1 Å². The Bertz CT molecular complexity index is 543. The molecule has 1 aromatic rings. The Hall–Kier alpha value is -1.31. The van der Waals surface area contributed by atoms with Crippen LogP contribution in [-0.4, -0.2) is 11.5 Å². The quantitative estimate of drug-likeness (QED) is 0.604. The van der Waals surface area contributed by atoms with Gasteiger partial charge in [-0.05, 0) is 81.3 Å². The van der Waals surface area contributed by atoms with Crippen LogP contribution in [0.2, 0.25) is 0 Å². The van der Waals surface area contributed by atoms with Gasteiger partial charge in [0.1, 0.15) is 5.82 Å². The fourth-order valence-electron chi connectivity index (χ4n) is 3.84. The molecule has 1 fully saturated rings. The average Bonchev–Trinajstić information content (AvgIpc) is 2.58. The Labute approximate surface area is 155 Å². The van der Waals surface area contributed by atoms with E-state index in [1.54, 1.807) is 0 Å². The van der Waals surface area contributed by atoms with Crippen LogP contribution in [-0.2, 0) is 12.8 Å². The van der Waals surface area contributed by atoms with E-state index in [2.05, 4.69) is 51.7 Å². The fraction of sp³-hybridized carbons (Fsp3) is 0.696. The molecule has 0 saturated heterocycles. The molecule has 1 atom stereocenters. The SMILES string of the molecule is C=C(C)C(C)CCC.CC1CC(CCc2ccc3c(n2)NCCC3)C1. The predicted molar refractivity (Wildman–Crippen MR) is 110 cm³/mol. The maximum atomic E-state index is 4.75. The second-order valence-corrected chi connectivity index (χ2v) is 8.36. The molecule has 1 aromatic heterocycles. The van der Waals surface area contributed by atoms with Gasteiger partial charge in [-0.15, -0.1) is 0 Å². The van der Waals surface area contributed by atoms with Crippen LogP contribution in [0, 0.1) is 17.8 Å². The summed E-state index contributed by atoms with van der Waals surface area (Å²) in [5, 5.41) is 3.41. The van der Waals surface area contributed by atoms with E-state index in [-0.39, 0.29) is 0 Å². The molecular formula is C23H38N2. The van der Waals surface area contributed by atoms with Gasteiger partial charge >= 0.3 is 0 Å². The Morgan fingerprint density at radius 1 is 1.36 bits per heavy atom. The summed E-state index contributed by atoms with van der Waals surface area (Å²) in [6.45, 7) is 13.9. The van der Waals surface area contributed by atoms with E-state index < -0.39 is 0 Å². The van der Waals surface area contributed by atoms with E-state index in [0.29, 0.717) is 0 Å². The van der Waals surface area contributed by atoms with Gasteiger partial charge < -0.3 is 5.32 Å². The number of allylic oxidation sites excluding steroid dienone is 1. The van der Waals surface area contributed by atoms with Gasteiger partial charge in [0.2, 0.25) is 0 Å². The van der Waals surface area contributed by atoms with Gasteiger partial charge in [-0.3, -0.25) is 0 Å². The molecule has 140 valence electrons. The first-order valence-corrected chi connectivity index (χ1v) is 10.4. The third-order valence-corrected chi connectivity index (χ3v) is 5.79. The lowest BCUT2D eigenvalue weighted by atomic mass is 9.74. The fourth-order valence-corrected chi connectivity index (χ4v) is 3.84. The molecule has 1 aliphatic heterocycles. The van der Waals surface area contributed by atoms with E-state index in [1.807, 2.05) is 0 Å². The second-order valence-electron chi connectivity index (χ2n) is 8.36. The van der Waals surface area contributed by atoms with Gasteiger partial charge in [0.15, 0.2) is 0 Å². The number of hydrogen-bond acceptors (Lipinski definition) is 2. The minimum Gasteiger partial charge on any atom is -0.370 e. The summed E-state index contributed by atoms with van der Waals surface area (Å²) in [7, 11) is 0. The molecule has 2 heteroatoms. The van der Waals surface area contributed by atoms with Gasteiger partial charge in [-0.25, -0.2) is 4.98 Å². The van der Waals surface area contributed by atoms with Crippen LogP contribution in [0.25, 0.3) is 0 Å². The van der Waals surface area contributed by atoms with Crippen molar-refractivity contribution in [3.63, 3.8) is 0 Å². The van der Waals surface area contributed by atoms with Crippen molar-refractivity contribution in [2.75, 3.05) is 11.9 Å². The van der Waals surface area contributed by atoms with Gasteiger partial charge in [-0.2, -0.15) is 0 Å². The maximum absolute atomic E-state index is 4.75. The number of aryl methyl sites for hydroxylation is 2. The molecule has 1 N–H and O–H groups in total. The van der Waals surface area contributed by atoms with Crippen molar-refractivity contribution >= 4 is 5.82 Å². The number of fused-ring (bicyclic) bond motifs is 1. The average molecular weight is 343 g/mol. The number of hydrogen-bond donors (Lipinski definition) is 1. The lowest BCUT2D eigenvalue weighted by Gasteiger charge is -2.32. The Morgan fingerprint density at radius 2 is 2.12 bits per heavy atom. The monoisotopic (exact) mass is 342 g/mol. The summed E-state index contributed by atoms with van der Waals surface area (Å²) in [4.78, 5) is 4.75. The van der Waals surface area contributed by atoms with E-state index in [9.17, 15) is 0 Å². The third kappa shape index (κ3) is 6.49. The highest BCUT2D eigenvalue weighted by molar-refractivity contribution is 5.46. The molecule has 0 aromatic carbocycles. The van der Waals surface area contributed by atoms with E-state index in [4.69, 9.17) is 4.98 Å². The highest BCUT2D eigenvalue weighted by Crippen LogP contribution is 2.36. The van der Waals surface area contributed by atoms with Crippen molar-refractivity contribution in [3.8, 4) is 0 Å². The number of aromatic nitrogens is 1. The third-order valence-electron chi connectivity index (χ3n) is 5.79. The standard InChI is InChI=1S/C15H22N2.C8H16/c1-11-9-12(10-11)4-6-14-7-5-13-3-2-8-16-15(13)17-14;1-5-6-8(4)7(2)3/h5,7,11-12H,2-4,6,8-10H2,1H3,(H,16,17);8H,2,5-6H2,1,3-4H3. The van der Waals surface area contributed by atoms with E-state index in [1.165, 1.54) is 61.8 Å².